The van der Waals surface area contributed by atoms with Crippen molar-refractivity contribution in [3.05, 3.63) is 11.6 Å². The Hall–Kier alpha value is -0.630. The second-order valence-electron chi connectivity index (χ2n) is 14.4. The van der Waals surface area contributed by atoms with Crippen molar-refractivity contribution in [3.63, 3.8) is 0 Å². The molecule has 0 aromatic heterocycles. The fraction of sp³-hybridized carbons (Fsp3) is 0.900. The van der Waals surface area contributed by atoms with Gasteiger partial charge in [0.1, 0.15) is 5.78 Å². The summed E-state index contributed by atoms with van der Waals surface area (Å²) >= 11 is 0. The van der Waals surface area contributed by atoms with Gasteiger partial charge in [-0.05, 0) is 117 Å². The number of fused-ring (bicyclic) bond motifs is 2. The van der Waals surface area contributed by atoms with Crippen molar-refractivity contribution in [2.24, 2.45) is 50.7 Å². The maximum atomic E-state index is 12.9. The lowest BCUT2D eigenvalue weighted by Crippen LogP contribution is -2.57. The standard InChI is InChI=1S/C30H46O2/c1-19(2)15-21-16-20(17-32-21)22-9-11-28(6)24-8-7-23-26(3,4)25(31)10-12-29(23)18-30(24,29)14-13-27(22,28)5/h15,20-24H,7-14,16-18H2,1-6H3/t20-,21-,22+,23-,24-,27+,28-,29+,30-/m0/s1. The molecule has 0 aromatic rings. The van der Waals surface area contributed by atoms with Gasteiger partial charge in [-0.2, -0.15) is 0 Å². The average molecular weight is 439 g/mol. The number of Topliss-reactive ketones (excluding diaryl/α,β-unsaturated/α-hetero) is 1. The number of carbonyl (C=O) groups excluding carboxylic acids is 1. The van der Waals surface area contributed by atoms with Gasteiger partial charge in [0.05, 0.1) is 12.7 Å². The quantitative estimate of drug-likeness (QED) is 0.421. The molecule has 5 saturated carbocycles. The maximum absolute atomic E-state index is 12.9. The van der Waals surface area contributed by atoms with E-state index in [1.165, 1.54) is 63.4 Å². The second kappa shape index (κ2) is 6.52. The van der Waals surface area contributed by atoms with Crippen LogP contribution in [0.25, 0.3) is 0 Å². The van der Waals surface area contributed by atoms with E-state index in [0.29, 0.717) is 39.5 Å². The van der Waals surface area contributed by atoms with Crippen LogP contribution in [0.4, 0.5) is 0 Å². The Bertz CT molecular complexity index is 866. The minimum absolute atomic E-state index is 0.0896. The molecule has 0 radical (unpaired) electrons. The van der Waals surface area contributed by atoms with Crippen LogP contribution in [0.5, 0.6) is 0 Å². The summed E-state index contributed by atoms with van der Waals surface area (Å²) in [6, 6.07) is 0. The molecule has 32 heavy (non-hydrogen) atoms. The third kappa shape index (κ3) is 2.44. The molecule has 9 atom stereocenters. The number of carbonyl (C=O) groups is 1. The van der Waals surface area contributed by atoms with Gasteiger partial charge in [0, 0.05) is 11.8 Å². The first kappa shape index (κ1) is 21.9. The van der Waals surface area contributed by atoms with E-state index >= 15 is 0 Å². The third-order valence-electron chi connectivity index (χ3n) is 13.1. The Morgan fingerprint density at radius 2 is 1.62 bits per heavy atom. The largest absolute Gasteiger partial charge is 0.374 e. The van der Waals surface area contributed by atoms with Gasteiger partial charge in [0.15, 0.2) is 0 Å². The van der Waals surface area contributed by atoms with Crippen LogP contribution in [0.15, 0.2) is 11.6 Å². The molecule has 0 aromatic carbocycles. The second-order valence-corrected chi connectivity index (χ2v) is 14.4. The predicted octanol–water partition coefficient (Wildman–Crippen LogP) is 7.37. The molecule has 1 aliphatic heterocycles. The summed E-state index contributed by atoms with van der Waals surface area (Å²) in [6.07, 6.45) is 15.8. The average Bonchev–Trinajstić information content (AvgIpc) is 3.02. The van der Waals surface area contributed by atoms with Crippen molar-refractivity contribution in [3.8, 4) is 0 Å². The summed E-state index contributed by atoms with van der Waals surface area (Å²) in [5.74, 6) is 3.65. The van der Waals surface area contributed by atoms with Gasteiger partial charge in [0.25, 0.3) is 0 Å². The number of ketones is 1. The molecule has 2 heteroatoms. The van der Waals surface area contributed by atoms with Crippen molar-refractivity contribution in [1.29, 1.82) is 0 Å². The highest BCUT2D eigenvalue weighted by Gasteiger charge is 2.82. The zero-order valence-electron chi connectivity index (χ0n) is 21.6. The van der Waals surface area contributed by atoms with Crippen LogP contribution in [0, 0.1) is 50.7 Å². The highest BCUT2D eigenvalue weighted by Crippen LogP contribution is 2.88. The van der Waals surface area contributed by atoms with E-state index in [0.717, 1.165) is 30.8 Å². The Balaban J connectivity index is 1.29. The molecule has 0 bridgehead atoms. The number of hydrogen-bond donors (Lipinski definition) is 0. The minimum atomic E-state index is -0.0896. The lowest BCUT2D eigenvalue weighted by molar-refractivity contribution is -0.157. The number of allylic oxidation sites excluding steroid dienone is 1. The summed E-state index contributed by atoms with van der Waals surface area (Å²) in [5, 5.41) is 0. The van der Waals surface area contributed by atoms with Crippen molar-refractivity contribution in [2.45, 2.75) is 112 Å². The number of rotatable bonds is 2. The topological polar surface area (TPSA) is 26.3 Å². The summed E-state index contributed by atoms with van der Waals surface area (Å²) in [7, 11) is 0. The smallest absolute Gasteiger partial charge is 0.138 e. The van der Waals surface area contributed by atoms with Crippen LogP contribution < -0.4 is 0 Å². The SMILES string of the molecule is CC(C)=C[C@H]1C[C@H]([C@H]2CC[C@@]3(C)[C@@H]4CC[C@H]5C(C)(C)C(=O)CC[C@@]56C[C@@]46CC[C@]23C)CO1. The zero-order chi connectivity index (χ0) is 22.7. The zero-order valence-corrected chi connectivity index (χ0v) is 21.6. The Morgan fingerprint density at radius 3 is 2.38 bits per heavy atom. The molecule has 1 heterocycles. The molecule has 2 nitrogen and oxygen atoms in total. The Labute approximate surface area is 196 Å². The lowest BCUT2D eigenvalue weighted by Gasteiger charge is -2.62. The molecule has 0 amide bonds. The van der Waals surface area contributed by atoms with Crippen LogP contribution in [-0.2, 0) is 9.53 Å². The lowest BCUT2D eigenvalue weighted by atomic mass is 9.42. The molecular weight excluding hydrogens is 392 g/mol. The van der Waals surface area contributed by atoms with Gasteiger partial charge >= 0.3 is 0 Å². The van der Waals surface area contributed by atoms with Crippen LogP contribution in [0.2, 0.25) is 0 Å². The predicted molar refractivity (Wildman–Crippen MR) is 129 cm³/mol. The maximum Gasteiger partial charge on any atom is 0.138 e. The van der Waals surface area contributed by atoms with Gasteiger partial charge in [0.2, 0.25) is 0 Å². The van der Waals surface area contributed by atoms with Crippen molar-refractivity contribution >= 4 is 5.78 Å². The molecule has 6 fully saturated rings. The fourth-order valence-corrected chi connectivity index (χ4v) is 11.4. The van der Waals surface area contributed by atoms with Crippen molar-refractivity contribution in [1.82, 2.24) is 0 Å². The molecule has 178 valence electrons. The van der Waals surface area contributed by atoms with Gasteiger partial charge < -0.3 is 4.74 Å². The molecule has 2 spiro atoms. The summed E-state index contributed by atoms with van der Waals surface area (Å²) in [6.45, 7) is 15.4. The molecule has 0 N–H and O–H groups in total. The number of ether oxygens (including phenoxy) is 1. The van der Waals surface area contributed by atoms with E-state index in [2.05, 4.69) is 47.6 Å². The van der Waals surface area contributed by atoms with E-state index in [1.807, 2.05) is 0 Å². The molecule has 6 aliphatic rings. The van der Waals surface area contributed by atoms with E-state index in [-0.39, 0.29) is 5.41 Å². The van der Waals surface area contributed by atoms with Crippen LogP contribution in [-0.4, -0.2) is 18.5 Å². The first-order valence-corrected chi connectivity index (χ1v) is 13.8. The monoisotopic (exact) mass is 438 g/mol. The highest BCUT2D eigenvalue weighted by molar-refractivity contribution is 5.86. The fourth-order valence-electron chi connectivity index (χ4n) is 11.4. The van der Waals surface area contributed by atoms with Crippen molar-refractivity contribution in [2.75, 3.05) is 6.61 Å². The first-order valence-electron chi connectivity index (χ1n) is 13.8. The van der Waals surface area contributed by atoms with Crippen molar-refractivity contribution < 1.29 is 9.53 Å². The van der Waals surface area contributed by atoms with Gasteiger partial charge in [-0.15, -0.1) is 0 Å². The molecule has 5 aliphatic carbocycles. The first-order chi connectivity index (χ1) is 15.0. The normalized spacial score (nSPS) is 55.4. The van der Waals surface area contributed by atoms with Gasteiger partial charge in [-0.25, -0.2) is 0 Å². The van der Waals surface area contributed by atoms with Gasteiger partial charge in [-0.3, -0.25) is 4.79 Å². The van der Waals surface area contributed by atoms with Crippen LogP contribution >= 0.6 is 0 Å². The summed E-state index contributed by atoms with van der Waals surface area (Å²) in [4.78, 5) is 12.9. The molecule has 6 rings (SSSR count). The molecule has 0 unspecified atom stereocenters. The van der Waals surface area contributed by atoms with E-state index in [9.17, 15) is 4.79 Å². The highest BCUT2D eigenvalue weighted by atomic mass is 16.5. The minimum Gasteiger partial charge on any atom is -0.374 e. The summed E-state index contributed by atoms with van der Waals surface area (Å²) in [5.41, 5.74) is 3.31. The van der Waals surface area contributed by atoms with Crippen LogP contribution in [0.3, 0.4) is 0 Å². The van der Waals surface area contributed by atoms with E-state index in [4.69, 9.17) is 4.74 Å². The molecule has 1 saturated heterocycles. The Morgan fingerprint density at radius 1 is 0.906 bits per heavy atom. The third-order valence-corrected chi connectivity index (χ3v) is 13.1. The number of hydrogen-bond acceptors (Lipinski definition) is 2. The Kier molecular flexibility index (Phi) is 4.46. The van der Waals surface area contributed by atoms with Gasteiger partial charge in [-0.1, -0.05) is 39.3 Å². The van der Waals surface area contributed by atoms with E-state index in [1.54, 1.807) is 0 Å². The summed E-state index contributed by atoms with van der Waals surface area (Å²) < 4.78 is 6.28. The van der Waals surface area contributed by atoms with Crippen LogP contribution in [0.1, 0.15) is 106 Å². The van der Waals surface area contributed by atoms with E-state index < -0.39 is 0 Å². The molecular formula is C30H46O2.